The number of rotatable bonds is 6. The molecular formula is C27H24FN3O10. The van der Waals surface area contributed by atoms with Crippen molar-refractivity contribution in [1.82, 2.24) is 14.9 Å². The van der Waals surface area contributed by atoms with Crippen molar-refractivity contribution in [3.63, 3.8) is 0 Å². The SMILES string of the molecule is COc1cc([C@@H]2c3cc4c(cc3[C@@H](NC(=O)Cn3cc(F)c(=O)[nH]c3=O)[C@H]3COC(=O)[C@H]23)OCO4)cc(OC)c1O. The standard InChI is InChI=1S/C27H24FN3O10/c1-37-18-3-11(4-19(38-2)24(18)33)21-12-5-16-17(41-10-40-16)6-13(12)23(14-9-39-26(35)22(14)21)29-20(32)8-31-7-15(28)25(34)30-27(31)36/h3-7,14,21-23,33H,8-10H2,1-2H3,(H,29,32)(H,30,34,36)/t14-,21+,22-,23+/m0/s1. The number of phenolic OH excluding ortho intramolecular Hbond substituents is 1. The van der Waals surface area contributed by atoms with Gasteiger partial charge in [-0.05, 0) is 41.0 Å². The Balaban J connectivity index is 1.46. The number of H-pyrrole nitrogens is 1. The van der Waals surface area contributed by atoms with Gasteiger partial charge in [-0.25, -0.2) is 4.79 Å². The van der Waals surface area contributed by atoms with Crippen molar-refractivity contribution in [2.75, 3.05) is 27.6 Å². The van der Waals surface area contributed by atoms with Crippen molar-refractivity contribution >= 4 is 11.9 Å². The molecule has 3 aromatic rings. The Labute approximate surface area is 230 Å². The number of nitrogens with one attached hydrogen (secondary N) is 2. The van der Waals surface area contributed by atoms with Gasteiger partial charge >= 0.3 is 11.7 Å². The van der Waals surface area contributed by atoms with Crippen LogP contribution in [-0.4, -0.2) is 54.2 Å². The maximum atomic E-state index is 13.8. The number of hydrogen-bond acceptors (Lipinski definition) is 10. The molecule has 3 heterocycles. The van der Waals surface area contributed by atoms with Gasteiger partial charge in [0.05, 0.1) is 39.0 Å². The maximum absolute atomic E-state index is 13.8. The van der Waals surface area contributed by atoms with Crippen LogP contribution < -0.4 is 35.5 Å². The Morgan fingerprint density at radius 1 is 1.07 bits per heavy atom. The van der Waals surface area contributed by atoms with Crippen LogP contribution in [-0.2, 0) is 20.9 Å². The van der Waals surface area contributed by atoms with Gasteiger partial charge in [-0.15, -0.1) is 0 Å². The number of ether oxygens (including phenoxy) is 5. The van der Waals surface area contributed by atoms with E-state index >= 15 is 0 Å². The monoisotopic (exact) mass is 569 g/mol. The summed E-state index contributed by atoms with van der Waals surface area (Å²) in [6.45, 7) is -0.625. The highest BCUT2D eigenvalue weighted by Gasteiger charge is 2.53. The van der Waals surface area contributed by atoms with Gasteiger partial charge in [-0.3, -0.25) is 23.9 Å². The Hall–Kier alpha value is -5.01. The predicted octanol–water partition coefficient (Wildman–Crippen LogP) is 0.919. The Morgan fingerprint density at radius 2 is 1.73 bits per heavy atom. The maximum Gasteiger partial charge on any atom is 0.328 e. The van der Waals surface area contributed by atoms with Crippen molar-refractivity contribution < 1.29 is 42.8 Å². The van der Waals surface area contributed by atoms with Crippen LogP contribution in [0.25, 0.3) is 0 Å². The minimum Gasteiger partial charge on any atom is -0.502 e. The van der Waals surface area contributed by atoms with E-state index < -0.39 is 59.3 Å². The highest BCUT2D eigenvalue weighted by molar-refractivity contribution is 5.81. The molecule has 2 aromatic carbocycles. The molecule has 6 rings (SSSR count). The number of halogens is 1. The summed E-state index contributed by atoms with van der Waals surface area (Å²) in [7, 11) is 2.78. The summed E-state index contributed by atoms with van der Waals surface area (Å²) >= 11 is 0. The normalized spacial score (nSPS) is 22.0. The first-order valence-corrected chi connectivity index (χ1v) is 12.5. The van der Waals surface area contributed by atoms with Gasteiger partial charge in [0, 0.05) is 11.8 Å². The lowest BCUT2D eigenvalue weighted by atomic mass is 9.65. The average Bonchev–Trinajstić information content (AvgIpc) is 3.57. The van der Waals surface area contributed by atoms with E-state index in [1.165, 1.54) is 14.2 Å². The van der Waals surface area contributed by atoms with Crippen LogP contribution in [0.1, 0.15) is 28.7 Å². The summed E-state index contributed by atoms with van der Waals surface area (Å²) in [5.41, 5.74) is -0.321. The van der Waals surface area contributed by atoms with Gasteiger partial charge in [-0.2, -0.15) is 4.39 Å². The molecule has 1 fully saturated rings. The first kappa shape index (κ1) is 26.2. The molecule has 1 saturated heterocycles. The molecule has 214 valence electrons. The predicted molar refractivity (Wildman–Crippen MR) is 136 cm³/mol. The number of amides is 1. The Bertz CT molecular complexity index is 1670. The number of fused-ring (bicyclic) bond motifs is 3. The second kappa shape index (κ2) is 9.87. The molecular weight excluding hydrogens is 545 g/mol. The Morgan fingerprint density at radius 3 is 2.39 bits per heavy atom. The van der Waals surface area contributed by atoms with E-state index in [0.29, 0.717) is 34.4 Å². The first-order chi connectivity index (χ1) is 19.7. The number of carbonyl (C=O) groups is 2. The highest BCUT2D eigenvalue weighted by atomic mass is 19.1. The van der Waals surface area contributed by atoms with E-state index in [1.54, 1.807) is 24.3 Å². The molecule has 0 unspecified atom stereocenters. The second-order valence-corrected chi connectivity index (χ2v) is 9.82. The third-order valence-electron chi connectivity index (χ3n) is 7.65. The van der Waals surface area contributed by atoms with Crippen LogP contribution in [0.3, 0.4) is 0 Å². The zero-order valence-corrected chi connectivity index (χ0v) is 21.8. The third kappa shape index (κ3) is 4.31. The first-order valence-electron chi connectivity index (χ1n) is 12.5. The van der Waals surface area contributed by atoms with E-state index in [1.807, 2.05) is 4.98 Å². The number of aromatic nitrogens is 2. The van der Waals surface area contributed by atoms with E-state index in [0.717, 1.165) is 4.57 Å². The smallest absolute Gasteiger partial charge is 0.328 e. The number of benzene rings is 2. The van der Waals surface area contributed by atoms with Crippen LogP contribution >= 0.6 is 0 Å². The molecule has 0 radical (unpaired) electrons. The molecule has 0 bridgehead atoms. The fraction of sp³-hybridized carbons (Fsp3) is 0.333. The van der Waals surface area contributed by atoms with E-state index in [4.69, 9.17) is 23.7 Å². The molecule has 1 aliphatic carbocycles. The number of cyclic esters (lactones) is 1. The van der Waals surface area contributed by atoms with Crippen LogP contribution in [0.2, 0.25) is 0 Å². The zero-order valence-electron chi connectivity index (χ0n) is 21.8. The van der Waals surface area contributed by atoms with Crippen molar-refractivity contribution in [3.05, 3.63) is 73.8 Å². The fourth-order valence-electron chi connectivity index (χ4n) is 5.82. The highest BCUT2D eigenvalue weighted by Crippen LogP contribution is 2.55. The molecule has 14 heteroatoms. The lowest BCUT2D eigenvalue weighted by Crippen LogP contribution is -2.44. The minimum absolute atomic E-state index is 0.0155. The summed E-state index contributed by atoms with van der Waals surface area (Å²) in [6.07, 6.45) is 0.653. The quantitative estimate of drug-likeness (QED) is 0.363. The molecule has 2 aliphatic heterocycles. The van der Waals surface area contributed by atoms with Gasteiger partial charge in [0.15, 0.2) is 23.0 Å². The second-order valence-electron chi connectivity index (χ2n) is 9.82. The molecule has 1 aromatic heterocycles. The largest absolute Gasteiger partial charge is 0.502 e. The van der Waals surface area contributed by atoms with E-state index in [-0.39, 0.29) is 30.6 Å². The van der Waals surface area contributed by atoms with Crippen LogP contribution in [0.5, 0.6) is 28.7 Å². The number of hydrogen-bond donors (Lipinski definition) is 3. The molecule has 41 heavy (non-hydrogen) atoms. The average molecular weight is 569 g/mol. The van der Waals surface area contributed by atoms with Crippen LogP contribution in [0.15, 0.2) is 40.1 Å². The lowest BCUT2D eigenvalue weighted by Gasteiger charge is -2.39. The van der Waals surface area contributed by atoms with E-state index in [9.17, 15) is 28.7 Å². The van der Waals surface area contributed by atoms with Crippen molar-refractivity contribution in [2.45, 2.75) is 18.5 Å². The molecule has 0 saturated carbocycles. The lowest BCUT2D eigenvalue weighted by molar-refractivity contribution is -0.141. The van der Waals surface area contributed by atoms with Crippen molar-refractivity contribution in [2.24, 2.45) is 11.8 Å². The van der Waals surface area contributed by atoms with Gasteiger partial charge in [0.1, 0.15) is 6.54 Å². The number of phenols is 1. The number of methoxy groups -OCH3 is 2. The summed E-state index contributed by atoms with van der Waals surface area (Å²) in [4.78, 5) is 51.7. The van der Waals surface area contributed by atoms with E-state index in [2.05, 4.69) is 5.32 Å². The molecule has 3 N–H and O–H groups in total. The summed E-state index contributed by atoms with van der Waals surface area (Å²) < 4.78 is 41.9. The minimum atomic E-state index is -1.22. The number of carbonyl (C=O) groups excluding carboxylic acids is 2. The molecule has 4 atom stereocenters. The molecule has 3 aliphatic rings. The molecule has 13 nitrogen and oxygen atoms in total. The number of aromatic hydroxyl groups is 1. The van der Waals surface area contributed by atoms with Crippen molar-refractivity contribution in [1.29, 1.82) is 0 Å². The number of nitrogens with zero attached hydrogens (tertiary/aromatic N) is 1. The summed E-state index contributed by atoms with van der Waals surface area (Å²) in [6, 6.07) is 5.89. The fourth-order valence-corrected chi connectivity index (χ4v) is 5.82. The number of aromatic amines is 1. The van der Waals surface area contributed by atoms with Crippen LogP contribution in [0, 0.1) is 17.7 Å². The van der Waals surface area contributed by atoms with Crippen LogP contribution in [0.4, 0.5) is 4.39 Å². The Kier molecular flexibility index (Phi) is 6.31. The van der Waals surface area contributed by atoms with Gasteiger partial charge in [0.25, 0.3) is 5.56 Å². The molecule has 1 amide bonds. The number of esters is 1. The summed E-state index contributed by atoms with van der Waals surface area (Å²) in [5, 5.41) is 13.4. The third-order valence-corrected chi connectivity index (χ3v) is 7.65. The van der Waals surface area contributed by atoms with Crippen molar-refractivity contribution in [3.8, 4) is 28.7 Å². The summed E-state index contributed by atoms with van der Waals surface area (Å²) in [5.74, 6) is -3.38. The molecule has 0 spiro atoms. The van der Waals surface area contributed by atoms with Gasteiger partial charge in [0.2, 0.25) is 24.3 Å². The van der Waals surface area contributed by atoms with Gasteiger partial charge < -0.3 is 34.1 Å². The zero-order chi connectivity index (χ0) is 29.0. The van der Waals surface area contributed by atoms with Gasteiger partial charge in [-0.1, -0.05) is 0 Å². The topological polar surface area (TPSA) is 167 Å².